The van der Waals surface area contributed by atoms with Gasteiger partial charge in [0.25, 0.3) is 0 Å². The molecule has 114 valence electrons. The highest BCUT2D eigenvalue weighted by atomic mass is 35.5. The number of aryl methyl sites for hydroxylation is 2. The van der Waals surface area contributed by atoms with Crippen LogP contribution in [0.2, 0.25) is 5.02 Å². The highest BCUT2D eigenvalue weighted by molar-refractivity contribution is 6.31. The van der Waals surface area contributed by atoms with Gasteiger partial charge in [0.05, 0.1) is 16.4 Å². The number of hydrogen-bond donors (Lipinski definition) is 1. The zero-order valence-electron chi connectivity index (χ0n) is 13.1. The Hall–Kier alpha value is -0.540. The fourth-order valence-corrected chi connectivity index (χ4v) is 3.81. The van der Waals surface area contributed by atoms with Crippen LogP contribution in [0.15, 0.2) is 0 Å². The zero-order chi connectivity index (χ0) is 14.5. The Morgan fingerprint density at radius 3 is 2.55 bits per heavy atom. The highest BCUT2D eigenvalue weighted by Gasteiger charge is 2.27. The lowest BCUT2D eigenvalue weighted by molar-refractivity contribution is 0.227. The van der Waals surface area contributed by atoms with Crippen molar-refractivity contribution in [2.24, 2.45) is 18.9 Å². The van der Waals surface area contributed by atoms with Crippen molar-refractivity contribution in [1.29, 1.82) is 0 Å². The Kier molecular flexibility index (Phi) is 5.91. The summed E-state index contributed by atoms with van der Waals surface area (Å²) < 4.78 is 2.00. The van der Waals surface area contributed by atoms with Gasteiger partial charge in [-0.2, -0.15) is 5.10 Å². The van der Waals surface area contributed by atoms with E-state index in [9.17, 15) is 0 Å². The van der Waals surface area contributed by atoms with Crippen molar-refractivity contribution in [1.82, 2.24) is 15.1 Å². The van der Waals surface area contributed by atoms with Crippen LogP contribution in [0.1, 0.15) is 50.9 Å². The third-order valence-corrected chi connectivity index (χ3v) is 5.12. The van der Waals surface area contributed by atoms with Crippen molar-refractivity contribution in [2.45, 2.75) is 52.4 Å². The Balaban J connectivity index is 2.08. The van der Waals surface area contributed by atoms with Gasteiger partial charge >= 0.3 is 0 Å². The van der Waals surface area contributed by atoms with E-state index in [1.807, 2.05) is 11.7 Å². The van der Waals surface area contributed by atoms with Crippen LogP contribution >= 0.6 is 11.6 Å². The average molecular weight is 298 g/mol. The summed E-state index contributed by atoms with van der Waals surface area (Å²) in [7, 11) is 2.03. The maximum atomic E-state index is 6.50. The summed E-state index contributed by atoms with van der Waals surface area (Å²) in [5, 5.41) is 8.98. The number of halogens is 1. The molecule has 1 saturated carbocycles. The molecule has 1 aliphatic rings. The minimum atomic E-state index is 0.750. The second-order valence-corrected chi connectivity index (χ2v) is 6.38. The van der Waals surface area contributed by atoms with Crippen LogP contribution in [0.3, 0.4) is 0 Å². The van der Waals surface area contributed by atoms with Crippen molar-refractivity contribution >= 4 is 11.6 Å². The molecule has 0 spiro atoms. The average Bonchev–Trinajstić information content (AvgIpc) is 2.73. The maximum absolute atomic E-state index is 6.50. The first-order valence-electron chi connectivity index (χ1n) is 8.08. The second-order valence-electron chi connectivity index (χ2n) is 6.00. The standard InChI is InChI=1S/C16H28ClN3/c1-4-14-16(17)15(20(3)19-14)10-12-8-6-7-9-13(12)11-18-5-2/h12-13,18H,4-11H2,1-3H3. The van der Waals surface area contributed by atoms with Gasteiger partial charge in [0.15, 0.2) is 0 Å². The van der Waals surface area contributed by atoms with E-state index in [0.717, 1.165) is 48.5 Å². The smallest absolute Gasteiger partial charge is 0.0849 e. The molecule has 20 heavy (non-hydrogen) atoms. The largest absolute Gasteiger partial charge is 0.317 e. The van der Waals surface area contributed by atoms with Gasteiger partial charge in [0, 0.05) is 7.05 Å². The van der Waals surface area contributed by atoms with E-state index in [-0.39, 0.29) is 0 Å². The van der Waals surface area contributed by atoms with Crippen LogP contribution in [-0.4, -0.2) is 22.9 Å². The van der Waals surface area contributed by atoms with Gasteiger partial charge in [-0.05, 0) is 50.6 Å². The lowest BCUT2D eigenvalue weighted by Crippen LogP contribution is -2.32. The molecule has 1 aromatic rings. The van der Waals surface area contributed by atoms with Gasteiger partial charge in [0.2, 0.25) is 0 Å². The molecule has 1 N–H and O–H groups in total. The van der Waals surface area contributed by atoms with E-state index >= 15 is 0 Å². The molecule has 1 aromatic heterocycles. The normalized spacial score (nSPS) is 23.2. The predicted octanol–water partition coefficient (Wildman–Crippen LogP) is 3.59. The van der Waals surface area contributed by atoms with E-state index in [1.165, 1.54) is 31.4 Å². The van der Waals surface area contributed by atoms with E-state index < -0.39 is 0 Å². The summed E-state index contributed by atoms with van der Waals surface area (Å²) in [5.74, 6) is 1.54. The van der Waals surface area contributed by atoms with Gasteiger partial charge in [-0.15, -0.1) is 0 Å². The summed E-state index contributed by atoms with van der Waals surface area (Å²) in [4.78, 5) is 0. The minimum Gasteiger partial charge on any atom is -0.317 e. The number of rotatable bonds is 6. The molecule has 0 saturated heterocycles. The maximum Gasteiger partial charge on any atom is 0.0849 e. The zero-order valence-corrected chi connectivity index (χ0v) is 13.8. The van der Waals surface area contributed by atoms with Crippen LogP contribution in [0.4, 0.5) is 0 Å². The first-order chi connectivity index (χ1) is 9.67. The predicted molar refractivity (Wildman–Crippen MR) is 85.3 cm³/mol. The number of nitrogens with one attached hydrogen (secondary N) is 1. The monoisotopic (exact) mass is 297 g/mol. The Morgan fingerprint density at radius 2 is 1.95 bits per heavy atom. The molecule has 1 aliphatic carbocycles. The van der Waals surface area contributed by atoms with Crippen molar-refractivity contribution in [2.75, 3.05) is 13.1 Å². The fourth-order valence-electron chi connectivity index (χ4n) is 3.44. The molecule has 2 atom stereocenters. The lowest BCUT2D eigenvalue weighted by Gasteiger charge is -2.32. The summed E-state index contributed by atoms with van der Waals surface area (Å²) >= 11 is 6.50. The van der Waals surface area contributed by atoms with Crippen molar-refractivity contribution in [3.63, 3.8) is 0 Å². The van der Waals surface area contributed by atoms with Crippen LogP contribution < -0.4 is 5.32 Å². The van der Waals surface area contributed by atoms with Crippen molar-refractivity contribution in [3.05, 3.63) is 16.4 Å². The Labute approximate surface area is 128 Å². The van der Waals surface area contributed by atoms with Gasteiger partial charge in [0.1, 0.15) is 0 Å². The molecule has 0 bridgehead atoms. The summed E-state index contributed by atoms with van der Waals surface area (Å²) in [6.45, 7) is 6.52. The number of nitrogens with zero attached hydrogens (tertiary/aromatic N) is 2. The van der Waals surface area contributed by atoms with Crippen molar-refractivity contribution < 1.29 is 0 Å². The van der Waals surface area contributed by atoms with Gasteiger partial charge in [-0.1, -0.05) is 38.3 Å². The summed E-state index contributed by atoms with van der Waals surface area (Å²) in [6, 6.07) is 0. The fraction of sp³-hybridized carbons (Fsp3) is 0.812. The van der Waals surface area contributed by atoms with E-state index in [2.05, 4.69) is 24.3 Å². The topological polar surface area (TPSA) is 29.9 Å². The van der Waals surface area contributed by atoms with Crippen LogP contribution in [-0.2, 0) is 19.9 Å². The first kappa shape index (κ1) is 15.8. The second kappa shape index (κ2) is 7.46. The van der Waals surface area contributed by atoms with Crippen LogP contribution in [0.5, 0.6) is 0 Å². The van der Waals surface area contributed by atoms with Crippen LogP contribution in [0.25, 0.3) is 0 Å². The minimum absolute atomic E-state index is 0.750. The SMILES string of the molecule is CCNCC1CCCCC1Cc1c(Cl)c(CC)nn1C. The molecule has 4 heteroatoms. The molecule has 1 heterocycles. The molecule has 0 amide bonds. The van der Waals surface area contributed by atoms with Gasteiger partial charge in [-0.25, -0.2) is 0 Å². The van der Waals surface area contributed by atoms with E-state index in [1.54, 1.807) is 0 Å². The summed E-state index contributed by atoms with van der Waals surface area (Å²) in [5.41, 5.74) is 2.28. The Morgan fingerprint density at radius 1 is 1.25 bits per heavy atom. The first-order valence-corrected chi connectivity index (χ1v) is 8.46. The number of hydrogen-bond acceptors (Lipinski definition) is 2. The quantitative estimate of drug-likeness (QED) is 0.869. The molecule has 2 unspecified atom stereocenters. The molecule has 0 aliphatic heterocycles. The van der Waals surface area contributed by atoms with Crippen LogP contribution in [0, 0.1) is 11.8 Å². The molecular formula is C16H28ClN3. The van der Waals surface area contributed by atoms with E-state index in [0.29, 0.717) is 0 Å². The molecule has 3 nitrogen and oxygen atoms in total. The van der Waals surface area contributed by atoms with E-state index in [4.69, 9.17) is 11.6 Å². The molecule has 0 radical (unpaired) electrons. The molecular weight excluding hydrogens is 270 g/mol. The third-order valence-electron chi connectivity index (χ3n) is 4.68. The van der Waals surface area contributed by atoms with Crippen molar-refractivity contribution in [3.8, 4) is 0 Å². The summed E-state index contributed by atoms with van der Waals surface area (Å²) in [6.07, 6.45) is 7.43. The third kappa shape index (κ3) is 3.56. The lowest BCUT2D eigenvalue weighted by atomic mass is 9.77. The number of aromatic nitrogens is 2. The Bertz CT molecular complexity index is 428. The molecule has 0 aromatic carbocycles. The van der Waals surface area contributed by atoms with Gasteiger partial charge < -0.3 is 5.32 Å². The highest BCUT2D eigenvalue weighted by Crippen LogP contribution is 2.34. The molecule has 1 fully saturated rings. The van der Waals surface area contributed by atoms with Gasteiger partial charge in [-0.3, -0.25) is 4.68 Å². The molecule has 2 rings (SSSR count).